The summed E-state index contributed by atoms with van der Waals surface area (Å²) in [5, 5.41) is 28.9. The third kappa shape index (κ3) is 2.53. The fourth-order valence-corrected chi connectivity index (χ4v) is 3.32. The Hall–Kier alpha value is -2.30. The molecule has 3 rings (SSSR count). The molecule has 0 spiro atoms. The van der Waals surface area contributed by atoms with Gasteiger partial charge in [0.25, 0.3) is 5.56 Å². The van der Waals surface area contributed by atoms with Crippen LogP contribution in [0.4, 0.5) is 5.95 Å². The van der Waals surface area contributed by atoms with Crippen molar-refractivity contribution < 1.29 is 33.0 Å². The summed E-state index contributed by atoms with van der Waals surface area (Å²) in [5.74, 6) is -0.481. The smallest absolute Gasteiger partial charge is 0.368 e. The van der Waals surface area contributed by atoms with Gasteiger partial charge in [0.05, 0.1) is 6.61 Å². The summed E-state index contributed by atoms with van der Waals surface area (Å²) >= 11 is 0. The molecule has 0 bridgehead atoms. The molecule has 2 aromatic heterocycles. The van der Waals surface area contributed by atoms with Crippen LogP contribution in [0.1, 0.15) is 6.23 Å². The van der Waals surface area contributed by atoms with E-state index in [4.69, 9.17) is 15.6 Å². The lowest BCUT2D eigenvalue weighted by atomic mass is 10.1. The Labute approximate surface area is 137 Å². The Bertz CT molecular complexity index is 1050. The number of fused-ring (bicyclic) bond motifs is 1. The van der Waals surface area contributed by atoms with Gasteiger partial charge in [-0.15, -0.1) is 0 Å². The second kappa shape index (κ2) is 5.61. The van der Waals surface area contributed by atoms with E-state index in [1.165, 1.54) is 0 Å². The number of aliphatic hydroxyl groups is 3. The summed E-state index contributed by atoms with van der Waals surface area (Å²) in [4.78, 5) is 30.1. The maximum Gasteiger partial charge on any atom is 0.368 e. The van der Waals surface area contributed by atoms with Crippen molar-refractivity contribution in [2.45, 2.75) is 24.5 Å². The minimum absolute atomic E-state index is 0.248. The summed E-state index contributed by atoms with van der Waals surface area (Å²) in [5.41, 5.74) is 1.27. The maximum atomic E-state index is 12.5. The van der Waals surface area contributed by atoms with E-state index >= 15 is 0 Å². The van der Waals surface area contributed by atoms with Gasteiger partial charge in [0.15, 0.2) is 17.4 Å². The van der Waals surface area contributed by atoms with Gasteiger partial charge in [-0.05, 0) is 0 Å². The molecule has 4 atom stereocenters. The van der Waals surface area contributed by atoms with Crippen molar-refractivity contribution in [2.75, 3.05) is 12.3 Å². The lowest BCUT2D eigenvalue weighted by Crippen LogP contribution is -2.37. The summed E-state index contributed by atoms with van der Waals surface area (Å²) in [6.45, 7) is -0.712. The van der Waals surface area contributed by atoms with E-state index in [0.717, 1.165) is 0 Å². The molecule has 1 saturated heterocycles. The average Bonchev–Trinajstić information content (AvgIpc) is 2.94. The molecule has 15 heteroatoms. The van der Waals surface area contributed by atoms with E-state index in [1.807, 2.05) is 4.98 Å². The van der Waals surface area contributed by atoms with Gasteiger partial charge in [0, 0.05) is 0 Å². The van der Waals surface area contributed by atoms with Crippen molar-refractivity contribution in [2.24, 2.45) is 0 Å². The number of aromatic nitrogens is 4. The Kier molecular flexibility index (Phi) is 3.93. The van der Waals surface area contributed by atoms with Crippen molar-refractivity contribution in [3.05, 3.63) is 20.8 Å². The van der Waals surface area contributed by atoms with Gasteiger partial charge in [0.2, 0.25) is 5.95 Å². The van der Waals surface area contributed by atoms with Crippen LogP contribution in [0.15, 0.2) is 9.59 Å². The minimum atomic E-state index is -5.22. The molecule has 0 amide bonds. The van der Waals surface area contributed by atoms with E-state index in [2.05, 4.69) is 4.98 Å². The zero-order chi connectivity index (χ0) is 18.7. The molecule has 14 nitrogen and oxygen atoms in total. The van der Waals surface area contributed by atoms with E-state index in [9.17, 15) is 32.8 Å². The Morgan fingerprint density at radius 3 is 2.44 bits per heavy atom. The molecule has 0 radical (unpaired) electrons. The van der Waals surface area contributed by atoms with Crippen molar-refractivity contribution in [3.63, 3.8) is 0 Å². The SMILES string of the molecule is Nc1nc2c(c(=O)[nH]1)n(S(=O)(=O)O)c(=O)n2[C@@H]1O[C@H](CO)[C@@H](O)[C@H]1O. The summed E-state index contributed by atoms with van der Waals surface area (Å²) < 4.78 is 37.6. The van der Waals surface area contributed by atoms with Crippen LogP contribution in [0, 0.1) is 0 Å². The van der Waals surface area contributed by atoms with Crippen molar-refractivity contribution in [1.82, 2.24) is 18.5 Å². The van der Waals surface area contributed by atoms with E-state index in [1.54, 1.807) is 0 Å². The number of nitrogens with one attached hydrogen (secondary N) is 1. The largest absolute Gasteiger partial charge is 0.394 e. The molecule has 0 saturated carbocycles. The van der Waals surface area contributed by atoms with Gasteiger partial charge in [-0.3, -0.25) is 14.3 Å². The number of aromatic amines is 1. The quantitative estimate of drug-likeness (QED) is 0.280. The first-order chi connectivity index (χ1) is 11.6. The van der Waals surface area contributed by atoms with Crippen LogP contribution >= 0.6 is 0 Å². The van der Waals surface area contributed by atoms with Gasteiger partial charge < -0.3 is 25.8 Å². The molecule has 0 unspecified atom stereocenters. The minimum Gasteiger partial charge on any atom is -0.394 e. The van der Waals surface area contributed by atoms with Crippen LogP contribution in [0.3, 0.4) is 0 Å². The van der Waals surface area contributed by atoms with E-state index < -0.39 is 69.8 Å². The van der Waals surface area contributed by atoms with Gasteiger partial charge in [-0.25, -0.2) is 9.36 Å². The van der Waals surface area contributed by atoms with E-state index in [0.29, 0.717) is 4.57 Å². The fourth-order valence-electron chi connectivity index (χ4n) is 2.64. The topological polar surface area (TPSA) is 223 Å². The molecule has 0 aromatic carbocycles. The van der Waals surface area contributed by atoms with Gasteiger partial charge >= 0.3 is 16.0 Å². The molecule has 2 aromatic rings. The number of rotatable bonds is 3. The van der Waals surface area contributed by atoms with Crippen LogP contribution in [0.2, 0.25) is 0 Å². The van der Waals surface area contributed by atoms with Crippen LogP contribution in [0.25, 0.3) is 11.2 Å². The summed E-state index contributed by atoms with van der Waals surface area (Å²) in [6, 6.07) is 0. The van der Waals surface area contributed by atoms with E-state index in [-0.39, 0.29) is 3.97 Å². The first kappa shape index (κ1) is 17.5. The number of nitrogens with two attached hydrogens (primary N) is 1. The molecular formula is C10H13N5O9S. The highest BCUT2D eigenvalue weighted by Crippen LogP contribution is 2.30. The normalized spacial score (nSPS) is 27.2. The predicted molar refractivity (Wildman–Crippen MR) is 79.0 cm³/mol. The highest BCUT2D eigenvalue weighted by molar-refractivity contribution is 7.84. The van der Waals surface area contributed by atoms with Crippen molar-refractivity contribution >= 4 is 27.4 Å². The zero-order valence-corrected chi connectivity index (χ0v) is 13.0. The molecule has 0 aliphatic carbocycles. The molecule has 1 aliphatic heterocycles. The van der Waals surface area contributed by atoms with Gasteiger partial charge in [-0.2, -0.15) is 17.4 Å². The lowest BCUT2D eigenvalue weighted by Gasteiger charge is -2.15. The first-order valence-corrected chi connectivity index (χ1v) is 8.10. The first-order valence-electron chi connectivity index (χ1n) is 6.71. The average molecular weight is 379 g/mol. The van der Waals surface area contributed by atoms with Gasteiger partial charge in [-0.1, -0.05) is 0 Å². The second-order valence-electron chi connectivity index (χ2n) is 5.25. The number of anilines is 1. The number of imidazole rings is 1. The standard InChI is InChI=1S/C10H13N5O9S/c11-9-12-6-3(7(19)13-9)15(25(21,22)23)10(20)14(6)8-5(18)4(17)2(1-16)24-8/h2,4-5,8,16-18H,1H2,(H,21,22,23)(H3,11,12,13,19)/t2-,4-,5-,8-/m1/s1. The van der Waals surface area contributed by atoms with Crippen LogP contribution in [-0.2, 0) is 15.0 Å². The molecule has 7 N–H and O–H groups in total. The molecule has 138 valence electrons. The van der Waals surface area contributed by atoms with Gasteiger partial charge in [0.1, 0.15) is 18.3 Å². The highest BCUT2D eigenvalue weighted by atomic mass is 32.2. The number of aliphatic hydroxyl groups excluding tert-OH is 3. The summed E-state index contributed by atoms with van der Waals surface area (Å²) in [7, 11) is -5.22. The monoisotopic (exact) mass is 379 g/mol. The lowest BCUT2D eigenvalue weighted by molar-refractivity contribution is -0.0525. The number of hydrogen-bond donors (Lipinski definition) is 6. The molecule has 3 heterocycles. The molecule has 1 fully saturated rings. The Balaban J connectivity index is 2.40. The third-order valence-electron chi connectivity index (χ3n) is 3.71. The number of nitrogen functional groups attached to an aromatic ring is 1. The van der Waals surface area contributed by atoms with Crippen LogP contribution in [0.5, 0.6) is 0 Å². The maximum absolute atomic E-state index is 12.5. The predicted octanol–water partition coefficient (Wildman–Crippen LogP) is -4.27. The molecule has 1 aliphatic rings. The summed E-state index contributed by atoms with van der Waals surface area (Å²) in [6.07, 6.45) is -6.35. The Morgan fingerprint density at radius 1 is 1.28 bits per heavy atom. The highest BCUT2D eigenvalue weighted by Gasteiger charge is 2.45. The van der Waals surface area contributed by atoms with Crippen molar-refractivity contribution in [3.8, 4) is 0 Å². The molecule has 25 heavy (non-hydrogen) atoms. The fraction of sp³-hybridized carbons (Fsp3) is 0.500. The number of ether oxygens (including phenoxy) is 1. The third-order valence-corrected chi connectivity index (χ3v) is 4.51. The number of hydrogen-bond acceptors (Lipinski definition) is 10. The number of H-pyrrole nitrogens is 1. The Morgan fingerprint density at radius 2 is 1.92 bits per heavy atom. The number of nitrogens with zero attached hydrogens (tertiary/aromatic N) is 3. The molecular weight excluding hydrogens is 366 g/mol. The van der Waals surface area contributed by atoms with Crippen LogP contribution < -0.4 is 17.0 Å². The van der Waals surface area contributed by atoms with Crippen LogP contribution in [-0.4, -0.2) is 71.7 Å². The van der Waals surface area contributed by atoms with Crippen molar-refractivity contribution in [1.29, 1.82) is 0 Å². The second-order valence-corrected chi connectivity index (χ2v) is 6.51. The zero-order valence-electron chi connectivity index (χ0n) is 12.2.